The molecule has 0 unspecified atom stereocenters. The Labute approximate surface area is 76.2 Å². The summed E-state index contributed by atoms with van der Waals surface area (Å²) in [5.41, 5.74) is 0. The van der Waals surface area contributed by atoms with Crippen LogP contribution in [-0.4, -0.2) is 16.1 Å². The van der Waals surface area contributed by atoms with E-state index in [9.17, 15) is 4.79 Å². The third-order valence-corrected chi connectivity index (χ3v) is 1.39. The van der Waals surface area contributed by atoms with E-state index in [1.54, 1.807) is 13.8 Å². The molecule has 1 aromatic rings. The molecule has 4 heteroatoms. The molecule has 0 aliphatic rings. The summed E-state index contributed by atoms with van der Waals surface area (Å²) in [4.78, 5) is 14.8. The second-order valence-corrected chi connectivity index (χ2v) is 2.93. The monoisotopic (exact) mass is 181 g/mol. The highest BCUT2D eigenvalue weighted by molar-refractivity contribution is 5.73. The van der Waals surface area contributed by atoms with E-state index in [0.29, 0.717) is 0 Å². The van der Waals surface area contributed by atoms with Gasteiger partial charge in [0.1, 0.15) is 5.75 Å². The molecule has 4 nitrogen and oxygen atoms in total. The van der Waals surface area contributed by atoms with Crippen molar-refractivity contribution >= 4 is 5.97 Å². The summed E-state index contributed by atoms with van der Waals surface area (Å²) in [5, 5.41) is 9.03. The van der Waals surface area contributed by atoms with E-state index in [0.717, 1.165) is 0 Å². The van der Waals surface area contributed by atoms with Gasteiger partial charge in [0, 0.05) is 12.3 Å². The number of rotatable bonds is 2. The number of carbonyl (C=O) groups excluding carboxylic acids is 1. The van der Waals surface area contributed by atoms with Gasteiger partial charge in [-0.3, -0.25) is 4.79 Å². The molecule has 0 amide bonds. The van der Waals surface area contributed by atoms with E-state index in [1.165, 1.54) is 18.3 Å². The van der Waals surface area contributed by atoms with Crippen LogP contribution in [0.25, 0.3) is 0 Å². The topological polar surface area (TPSA) is 59.4 Å². The van der Waals surface area contributed by atoms with Gasteiger partial charge in [0.25, 0.3) is 0 Å². The van der Waals surface area contributed by atoms with Crippen molar-refractivity contribution in [1.82, 2.24) is 4.98 Å². The van der Waals surface area contributed by atoms with E-state index in [4.69, 9.17) is 9.84 Å². The van der Waals surface area contributed by atoms with Gasteiger partial charge < -0.3 is 9.84 Å². The molecular formula is C9H11NO3. The van der Waals surface area contributed by atoms with Crippen molar-refractivity contribution in [3.8, 4) is 11.6 Å². The average molecular weight is 181 g/mol. The van der Waals surface area contributed by atoms with Gasteiger partial charge in [0.2, 0.25) is 5.88 Å². The minimum absolute atomic E-state index is 0.0292. The molecule has 1 N–H and O–H groups in total. The van der Waals surface area contributed by atoms with E-state index in [1.807, 2.05) is 0 Å². The summed E-state index contributed by atoms with van der Waals surface area (Å²) in [7, 11) is 0. The lowest BCUT2D eigenvalue weighted by molar-refractivity contribution is -0.138. The van der Waals surface area contributed by atoms with Crippen molar-refractivity contribution in [2.75, 3.05) is 0 Å². The molecule has 13 heavy (non-hydrogen) atoms. The number of aromatic nitrogens is 1. The number of hydrogen-bond donors (Lipinski definition) is 1. The van der Waals surface area contributed by atoms with Crippen LogP contribution in [0.4, 0.5) is 0 Å². The summed E-state index contributed by atoms with van der Waals surface area (Å²) >= 11 is 0. The largest absolute Gasteiger partial charge is 0.508 e. The molecule has 70 valence electrons. The predicted octanol–water partition coefficient (Wildman–Crippen LogP) is 1.35. The number of esters is 1. The summed E-state index contributed by atoms with van der Waals surface area (Å²) in [5.74, 6) is -0.414. The first-order valence-electron chi connectivity index (χ1n) is 3.96. The van der Waals surface area contributed by atoms with Crippen molar-refractivity contribution in [2.24, 2.45) is 5.92 Å². The summed E-state index contributed by atoms with van der Waals surface area (Å²) in [6.07, 6.45) is 1.37. The molecule has 1 rings (SSSR count). The van der Waals surface area contributed by atoms with Crippen LogP contribution in [0.1, 0.15) is 13.8 Å². The number of carbonyl (C=O) groups is 1. The van der Waals surface area contributed by atoms with E-state index in [2.05, 4.69) is 4.98 Å². The van der Waals surface area contributed by atoms with Gasteiger partial charge in [0.15, 0.2) is 0 Å². The van der Waals surface area contributed by atoms with Crippen LogP contribution in [0.3, 0.4) is 0 Å². The van der Waals surface area contributed by atoms with Crippen molar-refractivity contribution < 1.29 is 14.6 Å². The Morgan fingerprint density at radius 1 is 1.62 bits per heavy atom. The third kappa shape index (κ3) is 2.74. The molecule has 1 heterocycles. The lowest BCUT2D eigenvalue weighted by Crippen LogP contribution is -2.15. The predicted molar refractivity (Wildman–Crippen MR) is 46.4 cm³/mol. The quantitative estimate of drug-likeness (QED) is 0.699. The van der Waals surface area contributed by atoms with Crippen molar-refractivity contribution in [2.45, 2.75) is 13.8 Å². The summed E-state index contributed by atoms with van der Waals surface area (Å²) < 4.78 is 4.85. The van der Waals surface area contributed by atoms with E-state index < -0.39 is 0 Å². The maximum Gasteiger partial charge on any atom is 0.315 e. The SMILES string of the molecule is CC(C)C(=O)Oc1cc(O)ccn1. The molecule has 0 aliphatic heterocycles. The Hall–Kier alpha value is -1.58. The van der Waals surface area contributed by atoms with E-state index in [-0.39, 0.29) is 23.5 Å². The molecular weight excluding hydrogens is 170 g/mol. The van der Waals surface area contributed by atoms with Crippen LogP contribution < -0.4 is 4.74 Å². The number of ether oxygens (including phenoxy) is 1. The van der Waals surface area contributed by atoms with Crippen LogP contribution in [0.15, 0.2) is 18.3 Å². The zero-order chi connectivity index (χ0) is 9.84. The normalized spacial score (nSPS) is 10.1. The van der Waals surface area contributed by atoms with Gasteiger partial charge in [-0.2, -0.15) is 0 Å². The number of nitrogens with zero attached hydrogens (tertiary/aromatic N) is 1. The molecule has 0 aliphatic carbocycles. The molecule has 0 atom stereocenters. The third-order valence-electron chi connectivity index (χ3n) is 1.39. The highest BCUT2D eigenvalue weighted by atomic mass is 16.5. The van der Waals surface area contributed by atoms with Gasteiger partial charge >= 0.3 is 5.97 Å². The zero-order valence-corrected chi connectivity index (χ0v) is 7.52. The number of hydrogen-bond acceptors (Lipinski definition) is 4. The first-order chi connectivity index (χ1) is 6.09. The van der Waals surface area contributed by atoms with Crippen LogP contribution in [0.2, 0.25) is 0 Å². The second-order valence-electron chi connectivity index (χ2n) is 2.93. The fraction of sp³-hybridized carbons (Fsp3) is 0.333. The first-order valence-corrected chi connectivity index (χ1v) is 3.96. The second kappa shape index (κ2) is 3.89. The fourth-order valence-electron chi connectivity index (χ4n) is 0.676. The Morgan fingerprint density at radius 2 is 2.31 bits per heavy atom. The smallest absolute Gasteiger partial charge is 0.315 e. The molecule has 0 fully saturated rings. The van der Waals surface area contributed by atoms with Gasteiger partial charge in [-0.15, -0.1) is 0 Å². The summed E-state index contributed by atoms with van der Waals surface area (Å²) in [6.45, 7) is 3.45. The minimum Gasteiger partial charge on any atom is -0.508 e. The van der Waals surface area contributed by atoms with Gasteiger partial charge in [-0.25, -0.2) is 4.98 Å². The minimum atomic E-state index is -0.363. The highest BCUT2D eigenvalue weighted by Crippen LogP contribution is 2.15. The van der Waals surface area contributed by atoms with Crippen molar-refractivity contribution in [3.63, 3.8) is 0 Å². The molecule has 0 saturated heterocycles. The van der Waals surface area contributed by atoms with E-state index >= 15 is 0 Å². The molecule has 0 spiro atoms. The van der Waals surface area contributed by atoms with Gasteiger partial charge in [0.05, 0.1) is 5.92 Å². The average Bonchev–Trinajstić information content (AvgIpc) is 2.04. The Balaban J connectivity index is 2.69. The molecule has 0 radical (unpaired) electrons. The summed E-state index contributed by atoms with van der Waals surface area (Å²) in [6, 6.07) is 2.70. The lowest BCUT2D eigenvalue weighted by Gasteiger charge is -2.04. The fourth-order valence-corrected chi connectivity index (χ4v) is 0.676. The van der Waals surface area contributed by atoms with Crippen LogP contribution in [-0.2, 0) is 4.79 Å². The van der Waals surface area contributed by atoms with Crippen LogP contribution in [0, 0.1) is 5.92 Å². The van der Waals surface area contributed by atoms with Crippen molar-refractivity contribution in [1.29, 1.82) is 0 Å². The van der Waals surface area contributed by atoms with Crippen molar-refractivity contribution in [3.05, 3.63) is 18.3 Å². The number of aromatic hydroxyl groups is 1. The highest BCUT2D eigenvalue weighted by Gasteiger charge is 2.10. The first kappa shape index (κ1) is 9.51. The van der Waals surface area contributed by atoms with Gasteiger partial charge in [-0.1, -0.05) is 13.8 Å². The molecule has 0 bridgehead atoms. The van der Waals surface area contributed by atoms with Gasteiger partial charge in [-0.05, 0) is 6.07 Å². The Kier molecular flexibility index (Phi) is 2.84. The maximum absolute atomic E-state index is 11.1. The standard InChI is InChI=1S/C9H11NO3/c1-6(2)9(12)13-8-5-7(11)3-4-10-8/h3-6H,1-2H3,(H,10,11). The maximum atomic E-state index is 11.1. The zero-order valence-electron chi connectivity index (χ0n) is 7.52. The lowest BCUT2D eigenvalue weighted by atomic mass is 10.2. The number of pyridine rings is 1. The molecule has 1 aromatic heterocycles. The van der Waals surface area contributed by atoms with Crippen LogP contribution >= 0.6 is 0 Å². The molecule has 0 saturated carbocycles. The Morgan fingerprint density at radius 3 is 2.85 bits per heavy atom. The Bertz CT molecular complexity index is 309. The molecule has 0 aromatic carbocycles. The van der Waals surface area contributed by atoms with Crippen LogP contribution in [0.5, 0.6) is 11.6 Å².